The lowest BCUT2D eigenvalue weighted by Gasteiger charge is -2.09. The summed E-state index contributed by atoms with van der Waals surface area (Å²) in [7, 11) is 4.00. The number of nitrogens with one attached hydrogen (secondary N) is 1. The highest BCUT2D eigenvalue weighted by molar-refractivity contribution is 5.83. The number of rotatable bonds is 7. The summed E-state index contributed by atoms with van der Waals surface area (Å²) in [6, 6.07) is 0. The summed E-state index contributed by atoms with van der Waals surface area (Å²) in [6.07, 6.45) is 2.86. The SMILES string of the molecule is CC(=O)CCC(=O)NCCCN(C)C.CCC.N.[HH]. The molecule has 18 heavy (non-hydrogen) atoms. The molecule has 0 unspecified atom stereocenters. The number of amides is 1. The van der Waals surface area contributed by atoms with Crippen molar-refractivity contribution in [2.45, 2.75) is 46.5 Å². The van der Waals surface area contributed by atoms with Crippen LogP contribution in [0.25, 0.3) is 0 Å². The van der Waals surface area contributed by atoms with E-state index in [2.05, 4.69) is 24.1 Å². The zero-order chi connectivity index (χ0) is 13.7. The molecule has 0 aliphatic heterocycles. The maximum atomic E-state index is 11.1. The molecule has 0 fully saturated rings. The van der Waals surface area contributed by atoms with E-state index in [1.54, 1.807) is 0 Å². The number of carbonyl (C=O) groups excluding carboxylic acids is 2. The lowest BCUT2D eigenvalue weighted by atomic mass is 10.2. The zero-order valence-electron chi connectivity index (χ0n) is 12.7. The number of carbonyl (C=O) groups is 2. The minimum Gasteiger partial charge on any atom is -0.356 e. The quantitative estimate of drug-likeness (QED) is 0.690. The Morgan fingerprint density at radius 3 is 2.06 bits per heavy atom. The summed E-state index contributed by atoms with van der Waals surface area (Å²) in [5, 5.41) is 2.78. The molecule has 0 atom stereocenters. The van der Waals surface area contributed by atoms with E-state index in [4.69, 9.17) is 0 Å². The van der Waals surface area contributed by atoms with Crippen molar-refractivity contribution in [2.24, 2.45) is 0 Å². The fourth-order valence-corrected chi connectivity index (χ4v) is 1.00. The molecule has 5 nitrogen and oxygen atoms in total. The van der Waals surface area contributed by atoms with Crippen LogP contribution < -0.4 is 11.5 Å². The summed E-state index contributed by atoms with van der Waals surface area (Å²) in [6.45, 7) is 7.40. The van der Waals surface area contributed by atoms with Crippen LogP contribution >= 0.6 is 0 Å². The first-order valence-electron chi connectivity index (χ1n) is 6.34. The first-order valence-corrected chi connectivity index (χ1v) is 6.34. The second kappa shape index (κ2) is 16.1. The molecule has 0 saturated heterocycles. The summed E-state index contributed by atoms with van der Waals surface area (Å²) >= 11 is 0. The predicted octanol–water partition coefficient (Wildman–Crippen LogP) is 2.25. The van der Waals surface area contributed by atoms with E-state index in [-0.39, 0.29) is 19.3 Å². The van der Waals surface area contributed by atoms with Gasteiger partial charge >= 0.3 is 0 Å². The van der Waals surface area contributed by atoms with Crippen molar-refractivity contribution >= 4 is 11.7 Å². The molecule has 1 amide bonds. The summed E-state index contributed by atoms with van der Waals surface area (Å²) < 4.78 is 0. The van der Waals surface area contributed by atoms with Gasteiger partial charge in [-0.2, -0.15) is 0 Å². The van der Waals surface area contributed by atoms with Gasteiger partial charge in [-0.3, -0.25) is 4.79 Å². The first kappa shape index (κ1) is 22.3. The monoisotopic (exact) mass is 263 g/mol. The smallest absolute Gasteiger partial charge is 0.220 e. The largest absolute Gasteiger partial charge is 0.356 e. The van der Waals surface area contributed by atoms with Gasteiger partial charge in [0.25, 0.3) is 0 Å². The van der Waals surface area contributed by atoms with Gasteiger partial charge in [0.2, 0.25) is 5.91 Å². The van der Waals surface area contributed by atoms with Crippen LogP contribution in [-0.2, 0) is 9.59 Å². The maximum Gasteiger partial charge on any atom is 0.220 e. The van der Waals surface area contributed by atoms with Gasteiger partial charge < -0.3 is 21.2 Å². The van der Waals surface area contributed by atoms with Gasteiger partial charge in [0, 0.05) is 20.8 Å². The topological polar surface area (TPSA) is 84.4 Å². The number of hydrogen-bond acceptors (Lipinski definition) is 4. The van der Waals surface area contributed by atoms with E-state index in [9.17, 15) is 9.59 Å². The van der Waals surface area contributed by atoms with Crippen LogP contribution in [0.1, 0.15) is 47.9 Å². The van der Waals surface area contributed by atoms with Crippen LogP contribution in [0.15, 0.2) is 0 Å². The molecule has 112 valence electrons. The molecule has 0 spiro atoms. The Balaban J connectivity index is -0.000000204. The third-order valence-corrected chi connectivity index (χ3v) is 1.81. The Labute approximate surface area is 113 Å². The molecule has 0 heterocycles. The third kappa shape index (κ3) is 24.3. The van der Waals surface area contributed by atoms with Gasteiger partial charge in [-0.25, -0.2) is 0 Å². The van der Waals surface area contributed by atoms with Crippen molar-refractivity contribution in [2.75, 3.05) is 27.2 Å². The van der Waals surface area contributed by atoms with Crippen molar-refractivity contribution in [3.63, 3.8) is 0 Å². The molecule has 0 aliphatic rings. The van der Waals surface area contributed by atoms with Gasteiger partial charge in [0.05, 0.1) is 0 Å². The summed E-state index contributed by atoms with van der Waals surface area (Å²) in [5.41, 5.74) is 0. The van der Waals surface area contributed by atoms with Crippen LogP contribution in [0.5, 0.6) is 0 Å². The van der Waals surface area contributed by atoms with Crippen molar-refractivity contribution in [1.82, 2.24) is 16.4 Å². The highest BCUT2D eigenvalue weighted by Crippen LogP contribution is 1.90. The van der Waals surface area contributed by atoms with Gasteiger partial charge in [-0.1, -0.05) is 20.3 Å². The molecule has 0 aromatic carbocycles. The van der Waals surface area contributed by atoms with Gasteiger partial charge in [0.15, 0.2) is 0 Å². The maximum absolute atomic E-state index is 11.1. The van der Waals surface area contributed by atoms with Crippen LogP contribution in [0.4, 0.5) is 0 Å². The molecular formula is C13H33N3O2. The van der Waals surface area contributed by atoms with E-state index in [1.165, 1.54) is 13.3 Å². The van der Waals surface area contributed by atoms with E-state index >= 15 is 0 Å². The molecule has 0 bridgehead atoms. The Kier molecular flexibility index (Phi) is 19.9. The molecule has 0 aromatic heterocycles. The van der Waals surface area contributed by atoms with Crippen molar-refractivity contribution < 1.29 is 11.0 Å². The molecule has 0 aliphatic carbocycles. The minimum absolute atomic E-state index is 0. The second-order valence-electron chi connectivity index (χ2n) is 4.42. The normalized spacial score (nSPS) is 9.00. The number of ketones is 1. The summed E-state index contributed by atoms with van der Waals surface area (Å²) in [4.78, 5) is 23.8. The molecule has 0 radical (unpaired) electrons. The minimum atomic E-state index is -0.0287. The van der Waals surface area contributed by atoms with E-state index in [1.807, 2.05) is 14.1 Å². The van der Waals surface area contributed by atoms with Gasteiger partial charge in [0.1, 0.15) is 5.78 Å². The standard InChI is InChI=1S/C10H20N2O2.C3H8.H3N.H2/c1-9(13)5-6-10(14)11-7-4-8-12(2)3;1-3-2;;/h4-8H2,1-3H3,(H,11,14);3H2,1-2H3;1H3;1H. The highest BCUT2D eigenvalue weighted by Gasteiger charge is 2.02. The average Bonchev–Trinajstić information content (AvgIpc) is 2.22. The molecular weight excluding hydrogens is 230 g/mol. The van der Waals surface area contributed by atoms with Crippen LogP contribution in [0.2, 0.25) is 0 Å². The number of nitrogens with zero attached hydrogens (tertiary/aromatic N) is 1. The zero-order valence-corrected chi connectivity index (χ0v) is 12.7. The molecule has 0 aromatic rings. The van der Waals surface area contributed by atoms with Crippen LogP contribution in [0.3, 0.4) is 0 Å². The fraction of sp³-hybridized carbons (Fsp3) is 0.846. The summed E-state index contributed by atoms with van der Waals surface area (Å²) in [5.74, 6) is 0.0346. The third-order valence-electron chi connectivity index (χ3n) is 1.81. The second-order valence-corrected chi connectivity index (χ2v) is 4.42. The van der Waals surface area contributed by atoms with Crippen LogP contribution in [-0.4, -0.2) is 43.8 Å². The molecule has 5 heteroatoms. The lowest BCUT2D eigenvalue weighted by molar-refractivity contribution is -0.124. The average molecular weight is 263 g/mol. The number of hydrogen-bond donors (Lipinski definition) is 2. The number of Topliss-reactive ketones (excluding diaryl/α,β-unsaturated/α-hetero) is 1. The Morgan fingerprint density at radius 1 is 1.17 bits per heavy atom. The lowest BCUT2D eigenvalue weighted by Crippen LogP contribution is -2.27. The molecule has 4 N–H and O–H groups in total. The fourth-order valence-electron chi connectivity index (χ4n) is 1.00. The van der Waals surface area contributed by atoms with Crippen molar-refractivity contribution in [3.8, 4) is 0 Å². The van der Waals surface area contributed by atoms with Crippen molar-refractivity contribution in [3.05, 3.63) is 0 Å². The highest BCUT2D eigenvalue weighted by atomic mass is 16.2. The van der Waals surface area contributed by atoms with E-state index < -0.39 is 0 Å². The predicted molar refractivity (Wildman–Crippen MR) is 79.2 cm³/mol. The van der Waals surface area contributed by atoms with Crippen molar-refractivity contribution in [1.29, 1.82) is 0 Å². The Hall–Kier alpha value is -0.940. The molecule has 0 rings (SSSR count). The van der Waals surface area contributed by atoms with E-state index in [0.29, 0.717) is 19.4 Å². The van der Waals surface area contributed by atoms with Crippen LogP contribution in [0, 0.1) is 0 Å². The molecule has 0 saturated carbocycles. The van der Waals surface area contributed by atoms with Gasteiger partial charge in [-0.15, -0.1) is 0 Å². The first-order chi connectivity index (χ1) is 7.93. The van der Waals surface area contributed by atoms with Gasteiger partial charge in [-0.05, 0) is 34.0 Å². The Morgan fingerprint density at radius 2 is 1.67 bits per heavy atom. The Bertz CT molecular complexity index is 212. The van der Waals surface area contributed by atoms with E-state index in [0.717, 1.165) is 13.0 Å².